The minimum absolute atomic E-state index is 0.0509. The Balaban J connectivity index is 1.61. The highest BCUT2D eigenvalue weighted by Gasteiger charge is 2.25. The lowest BCUT2D eigenvalue weighted by atomic mass is 9.99. The normalized spacial score (nSPS) is 19.7. The number of fused-ring (bicyclic) bond motifs is 1. The number of anilines is 1. The minimum Gasteiger partial charge on any atom is -0.335 e. The van der Waals surface area contributed by atoms with E-state index in [9.17, 15) is 4.79 Å². The highest BCUT2D eigenvalue weighted by molar-refractivity contribution is 5.89. The van der Waals surface area contributed by atoms with E-state index in [1.54, 1.807) is 0 Å². The standard InChI is InChI=1S/C22H35N3O/c1-3-13-25(14-4-2)16-18-10-9-17-11-12-20(15-21(17)18)24-22(26)23-19-7-5-6-8-19/h11-12,15,18-19H,3-10,13-14,16H2,1-2H3,(H2,23,24,26). The van der Waals surface area contributed by atoms with Crippen LogP contribution in [0.3, 0.4) is 0 Å². The second-order valence-corrected chi connectivity index (χ2v) is 8.03. The van der Waals surface area contributed by atoms with Gasteiger partial charge in [0.15, 0.2) is 0 Å². The van der Waals surface area contributed by atoms with Gasteiger partial charge in [0.25, 0.3) is 0 Å². The van der Waals surface area contributed by atoms with Gasteiger partial charge in [-0.1, -0.05) is 32.8 Å². The van der Waals surface area contributed by atoms with E-state index in [2.05, 4.69) is 47.6 Å². The fourth-order valence-corrected chi connectivity index (χ4v) is 4.62. The largest absolute Gasteiger partial charge is 0.335 e. The van der Waals surface area contributed by atoms with Gasteiger partial charge < -0.3 is 15.5 Å². The zero-order chi connectivity index (χ0) is 18.4. The molecule has 1 saturated carbocycles. The van der Waals surface area contributed by atoms with E-state index < -0.39 is 0 Å². The van der Waals surface area contributed by atoms with E-state index >= 15 is 0 Å². The lowest BCUT2D eigenvalue weighted by Gasteiger charge is -2.25. The van der Waals surface area contributed by atoms with Crippen LogP contribution in [-0.4, -0.2) is 36.6 Å². The molecule has 0 heterocycles. The van der Waals surface area contributed by atoms with E-state index in [0.29, 0.717) is 12.0 Å². The zero-order valence-electron chi connectivity index (χ0n) is 16.5. The molecule has 1 fully saturated rings. The van der Waals surface area contributed by atoms with Crippen LogP contribution in [0.2, 0.25) is 0 Å². The van der Waals surface area contributed by atoms with Crippen LogP contribution in [0.1, 0.15) is 75.8 Å². The number of carbonyl (C=O) groups excluding carboxylic acids is 1. The van der Waals surface area contributed by atoms with Gasteiger partial charge >= 0.3 is 6.03 Å². The van der Waals surface area contributed by atoms with Gasteiger partial charge in [-0.15, -0.1) is 0 Å². The number of hydrogen-bond acceptors (Lipinski definition) is 2. The van der Waals surface area contributed by atoms with Crippen LogP contribution in [-0.2, 0) is 6.42 Å². The molecule has 1 atom stereocenters. The number of carbonyl (C=O) groups is 1. The summed E-state index contributed by atoms with van der Waals surface area (Å²) in [5.41, 5.74) is 3.84. The monoisotopic (exact) mass is 357 g/mol. The molecule has 2 N–H and O–H groups in total. The van der Waals surface area contributed by atoms with Crippen molar-refractivity contribution in [1.29, 1.82) is 0 Å². The first-order chi connectivity index (χ1) is 12.7. The van der Waals surface area contributed by atoms with Gasteiger partial charge in [0, 0.05) is 18.3 Å². The van der Waals surface area contributed by atoms with Gasteiger partial charge in [-0.3, -0.25) is 0 Å². The van der Waals surface area contributed by atoms with Crippen molar-refractivity contribution in [3.63, 3.8) is 0 Å². The molecule has 2 amide bonds. The number of nitrogens with one attached hydrogen (secondary N) is 2. The Labute approximate surface area is 158 Å². The molecule has 1 aromatic carbocycles. The van der Waals surface area contributed by atoms with Gasteiger partial charge in [-0.05, 0) is 80.8 Å². The number of aryl methyl sites for hydroxylation is 1. The predicted molar refractivity (Wildman–Crippen MR) is 109 cm³/mol. The van der Waals surface area contributed by atoms with Crippen LogP contribution in [0.15, 0.2) is 18.2 Å². The number of urea groups is 1. The highest BCUT2D eigenvalue weighted by Crippen LogP contribution is 2.35. The summed E-state index contributed by atoms with van der Waals surface area (Å²) in [5.74, 6) is 0.600. The summed E-state index contributed by atoms with van der Waals surface area (Å²) in [5, 5.41) is 6.17. The van der Waals surface area contributed by atoms with Crippen molar-refractivity contribution < 1.29 is 4.79 Å². The summed E-state index contributed by atoms with van der Waals surface area (Å²) in [7, 11) is 0. The number of benzene rings is 1. The predicted octanol–water partition coefficient (Wildman–Crippen LogP) is 4.90. The Morgan fingerprint density at radius 2 is 1.85 bits per heavy atom. The fourth-order valence-electron chi connectivity index (χ4n) is 4.62. The first-order valence-electron chi connectivity index (χ1n) is 10.6. The Kier molecular flexibility index (Phi) is 6.95. The number of hydrogen-bond donors (Lipinski definition) is 2. The molecule has 2 aliphatic carbocycles. The number of amides is 2. The molecule has 0 radical (unpaired) electrons. The molecule has 0 spiro atoms. The summed E-state index contributed by atoms with van der Waals surface area (Å²) in [6.45, 7) is 8.03. The first-order valence-corrected chi connectivity index (χ1v) is 10.6. The Morgan fingerprint density at radius 1 is 1.12 bits per heavy atom. The third-order valence-corrected chi connectivity index (χ3v) is 5.85. The smallest absolute Gasteiger partial charge is 0.319 e. The van der Waals surface area contributed by atoms with E-state index in [1.165, 1.54) is 62.7 Å². The van der Waals surface area contributed by atoms with Gasteiger partial charge in [-0.25, -0.2) is 4.79 Å². The van der Waals surface area contributed by atoms with Crippen molar-refractivity contribution >= 4 is 11.7 Å². The van der Waals surface area contributed by atoms with E-state index in [4.69, 9.17) is 0 Å². The molecule has 1 aromatic rings. The molecule has 1 unspecified atom stereocenters. The number of rotatable bonds is 8. The van der Waals surface area contributed by atoms with Crippen LogP contribution in [0, 0.1) is 0 Å². The van der Waals surface area contributed by atoms with Crippen molar-refractivity contribution in [2.75, 3.05) is 25.0 Å². The molecule has 0 aromatic heterocycles. The van der Waals surface area contributed by atoms with Gasteiger partial charge in [0.1, 0.15) is 0 Å². The van der Waals surface area contributed by atoms with Crippen molar-refractivity contribution in [3.8, 4) is 0 Å². The molecule has 0 saturated heterocycles. The molecule has 144 valence electrons. The van der Waals surface area contributed by atoms with Crippen LogP contribution in [0.4, 0.5) is 10.5 Å². The zero-order valence-corrected chi connectivity index (χ0v) is 16.5. The molecule has 4 nitrogen and oxygen atoms in total. The first kappa shape index (κ1) is 19.2. The summed E-state index contributed by atoms with van der Waals surface area (Å²) in [4.78, 5) is 14.9. The molecule has 26 heavy (non-hydrogen) atoms. The third kappa shape index (κ3) is 5.00. The molecule has 3 rings (SSSR count). The van der Waals surface area contributed by atoms with Crippen LogP contribution < -0.4 is 10.6 Å². The maximum absolute atomic E-state index is 12.3. The Bertz CT molecular complexity index is 589. The highest BCUT2D eigenvalue weighted by atomic mass is 16.2. The Morgan fingerprint density at radius 3 is 2.54 bits per heavy atom. The van der Waals surface area contributed by atoms with Gasteiger partial charge in [-0.2, -0.15) is 0 Å². The lowest BCUT2D eigenvalue weighted by molar-refractivity contribution is 0.248. The van der Waals surface area contributed by atoms with Crippen LogP contribution >= 0.6 is 0 Å². The minimum atomic E-state index is -0.0509. The van der Waals surface area contributed by atoms with E-state index in [-0.39, 0.29) is 6.03 Å². The molecule has 4 heteroatoms. The molecular formula is C22H35N3O. The molecule has 2 aliphatic rings. The second kappa shape index (κ2) is 9.40. The summed E-state index contributed by atoms with van der Waals surface area (Å²) in [6.07, 6.45) is 9.52. The van der Waals surface area contributed by atoms with E-state index in [1.807, 2.05) is 0 Å². The summed E-state index contributed by atoms with van der Waals surface area (Å²) >= 11 is 0. The summed E-state index contributed by atoms with van der Waals surface area (Å²) in [6, 6.07) is 6.80. The third-order valence-electron chi connectivity index (χ3n) is 5.85. The van der Waals surface area contributed by atoms with Crippen molar-refractivity contribution in [1.82, 2.24) is 10.2 Å². The summed E-state index contributed by atoms with van der Waals surface area (Å²) < 4.78 is 0. The van der Waals surface area contributed by atoms with E-state index in [0.717, 1.165) is 25.1 Å². The average Bonchev–Trinajstić information content (AvgIpc) is 3.25. The van der Waals surface area contributed by atoms with Crippen molar-refractivity contribution in [3.05, 3.63) is 29.3 Å². The number of nitrogens with zero attached hydrogens (tertiary/aromatic N) is 1. The van der Waals surface area contributed by atoms with Gasteiger partial charge in [0.05, 0.1) is 0 Å². The molecular weight excluding hydrogens is 322 g/mol. The van der Waals surface area contributed by atoms with Crippen molar-refractivity contribution in [2.24, 2.45) is 0 Å². The Hall–Kier alpha value is -1.55. The van der Waals surface area contributed by atoms with Crippen LogP contribution in [0.25, 0.3) is 0 Å². The average molecular weight is 358 g/mol. The quantitative estimate of drug-likeness (QED) is 0.695. The lowest BCUT2D eigenvalue weighted by Crippen LogP contribution is -2.36. The maximum Gasteiger partial charge on any atom is 0.319 e. The SMILES string of the molecule is CCCN(CCC)CC1CCc2ccc(NC(=O)NC3CCCC3)cc21. The topological polar surface area (TPSA) is 44.4 Å². The van der Waals surface area contributed by atoms with Crippen molar-refractivity contribution in [2.45, 2.75) is 77.2 Å². The van der Waals surface area contributed by atoms with Crippen LogP contribution in [0.5, 0.6) is 0 Å². The molecule has 0 aliphatic heterocycles. The maximum atomic E-state index is 12.3. The fraction of sp³-hybridized carbons (Fsp3) is 0.682. The van der Waals surface area contributed by atoms with Gasteiger partial charge in [0.2, 0.25) is 0 Å². The molecule has 0 bridgehead atoms. The second-order valence-electron chi connectivity index (χ2n) is 8.03.